The van der Waals surface area contributed by atoms with Crippen LogP contribution in [0, 0.1) is 0 Å². The summed E-state index contributed by atoms with van der Waals surface area (Å²) in [5.41, 5.74) is 0.662. The van der Waals surface area contributed by atoms with Gasteiger partial charge in [0.05, 0.1) is 11.6 Å². The molecule has 0 spiro atoms. The molecule has 1 N–H and O–H groups in total. The van der Waals surface area contributed by atoms with Crippen molar-refractivity contribution in [3.05, 3.63) is 28.7 Å². The second-order valence-electron chi connectivity index (χ2n) is 2.25. The number of phenolic OH excluding ortho intramolecular Hbond substituents is 1. The largest absolute Gasteiger partial charge is 0.507 e. The fourth-order valence-corrected chi connectivity index (χ4v) is 1.37. The number of benzene rings is 1. The van der Waals surface area contributed by atoms with E-state index in [9.17, 15) is 5.11 Å². The van der Waals surface area contributed by atoms with Crippen LogP contribution in [0.4, 0.5) is 0 Å². The highest BCUT2D eigenvalue weighted by Gasteiger charge is 2.04. The minimum Gasteiger partial charge on any atom is -0.507 e. The summed E-state index contributed by atoms with van der Waals surface area (Å²) in [7, 11) is 1.57. The molecule has 0 saturated carbocycles. The van der Waals surface area contributed by atoms with Gasteiger partial charge in [-0.1, -0.05) is 12.7 Å². The Morgan fingerprint density at radius 1 is 1.58 bits per heavy atom. The molecule has 0 unspecified atom stereocenters. The van der Waals surface area contributed by atoms with Gasteiger partial charge in [-0.25, -0.2) is 0 Å². The van der Waals surface area contributed by atoms with Crippen LogP contribution in [-0.2, 0) is 0 Å². The zero-order valence-corrected chi connectivity index (χ0v) is 8.26. The molecule has 12 heavy (non-hydrogen) atoms. The molecule has 0 amide bonds. The lowest BCUT2D eigenvalue weighted by atomic mass is 10.2. The molecule has 0 saturated heterocycles. The maximum absolute atomic E-state index is 9.35. The third kappa shape index (κ3) is 1.61. The summed E-state index contributed by atoms with van der Waals surface area (Å²) < 4.78 is 5.77. The fourth-order valence-electron chi connectivity index (χ4n) is 0.879. The Morgan fingerprint density at radius 3 is 2.75 bits per heavy atom. The Bertz CT molecular complexity index is 308. The van der Waals surface area contributed by atoms with Crippen molar-refractivity contribution in [2.24, 2.45) is 0 Å². The second-order valence-corrected chi connectivity index (χ2v) is 3.10. The lowest BCUT2D eigenvalue weighted by molar-refractivity contribution is 0.409. The Labute approximate surface area is 79.6 Å². The molecule has 0 aliphatic heterocycles. The first kappa shape index (κ1) is 9.13. The van der Waals surface area contributed by atoms with E-state index in [2.05, 4.69) is 22.5 Å². The monoisotopic (exact) mass is 228 g/mol. The number of aromatic hydroxyl groups is 1. The van der Waals surface area contributed by atoms with Crippen molar-refractivity contribution in [3.8, 4) is 11.5 Å². The number of methoxy groups -OCH3 is 1. The zero-order valence-electron chi connectivity index (χ0n) is 6.67. The second kappa shape index (κ2) is 3.63. The molecule has 0 bridgehead atoms. The number of phenols is 1. The Hall–Kier alpha value is -0.960. The predicted octanol–water partition coefficient (Wildman–Crippen LogP) is 2.81. The molecule has 0 radical (unpaired) electrons. The van der Waals surface area contributed by atoms with Crippen molar-refractivity contribution < 1.29 is 9.84 Å². The lowest BCUT2D eigenvalue weighted by Crippen LogP contribution is -1.85. The van der Waals surface area contributed by atoms with Gasteiger partial charge in [-0.05, 0) is 28.1 Å². The number of hydrogen-bond acceptors (Lipinski definition) is 2. The van der Waals surface area contributed by atoms with Crippen LogP contribution in [0.1, 0.15) is 5.56 Å². The number of ether oxygens (including phenoxy) is 1. The first-order chi connectivity index (χ1) is 5.69. The van der Waals surface area contributed by atoms with E-state index in [1.165, 1.54) is 0 Å². The van der Waals surface area contributed by atoms with Gasteiger partial charge in [0.25, 0.3) is 0 Å². The van der Waals surface area contributed by atoms with Crippen LogP contribution in [0.15, 0.2) is 23.2 Å². The molecule has 0 fully saturated rings. The summed E-state index contributed by atoms with van der Waals surface area (Å²) in [5, 5.41) is 9.35. The summed E-state index contributed by atoms with van der Waals surface area (Å²) in [6.45, 7) is 3.57. The fraction of sp³-hybridized carbons (Fsp3) is 0.111. The van der Waals surface area contributed by atoms with Crippen LogP contribution in [0.2, 0.25) is 0 Å². The molecule has 0 aliphatic carbocycles. The van der Waals surface area contributed by atoms with Gasteiger partial charge in [0.15, 0.2) is 0 Å². The minimum absolute atomic E-state index is 0.192. The van der Waals surface area contributed by atoms with Crippen molar-refractivity contribution in [2.45, 2.75) is 0 Å². The standard InChI is InChI=1S/C9H9BrO2/c1-3-6-4-9(12-2)7(10)5-8(6)11/h3-5,11H,1H2,2H3. The van der Waals surface area contributed by atoms with Gasteiger partial charge in [-0.2, -0.15) is 0 Å². The lowest BCUT2D eigenvalue weighted by Gasteiger charge is -2.05. The van der Waals surface area contributed by atoms with Gasteiger partial charge in [0.1, 0.15) is 11.5 Å². The summed E-state index contributed by atoms with van der Waals surface area (Å²) in [6.07, 6.45) is 1.57. The summed E-state index contributed by atoms with van der Waals surface area (Å²) in [6, 6.07) is 3.29. The SMILES string of the molecule is C=Cc1cc(OC)c(Br)cc1O. The van der Waals surface area contributed by atoms with Crippen molar-refractivity contribution in [1.82, 2.24) is 0 Å². The van der Waals surface area contributed by atoms with E-state index in [-0.39, 0.29) is 5.75 Å². The van der Waals surface area contributed by atoms with E-state index in [4.69, 9.17) is 4.74 Å². The van der Waals surface area contributed by atoms with Crippen LogP contribution in [0.5, 0.6) is 11.5 Å². The molecule has 1 aromatic carbocycles. The van der Waals surface area contributed by atoms with Crippen molar-refractivity contribution >= 4 is 22.0 Å². The van der Waals surface area contributed by atoms with Gasteiger partial charge in [0.2, 0.25) is 0 Å². The maximum Gasteiger partial charge on any atom is 0.133 e. The first-order valence-electron chi connectivity index (χ1n) is 3.38. The van der Waals surface area contributed by atoms with Gasteiger partial charge in [-0.3, -0.25) is 0 Å². The van der Waals surface area contributed by atoms with E-state index < -0.39 is 0 Å². The summed E-state index contributed by atoms with van der Waals surface area (Å²) in [5.74, 6) is 0.875. The molecular formula is C9H9BrO2. The quantitative estimate of drug-likeness (QED) is 0.844. The zero-order chi connectivity index (χ0) is 9.14. The Kier molecular flexibility index (Phi) is 2.76. The summed E-state index contributed by atoms with van der Waals surface area (Å²) in [4.78, 5) is 0. The van der Waals surface area contributed by atoms with Crippen LogP contribution < -0.4 is 4.74 Å². The topological polar surface area (TPSA) is 29.5 Å². The van der Waals surface area contributed by atoms with Crippen LogP contribution in [-0.4, -0.2) is 12.2 Å². The van der Waals surface area contributed by atoms with E-state index in [0.717, 1.165) is 4.47 Å². The number of halogens is 1. The highest BCUT2D eigenvalue weighted by Crippen LogP contribution is 2.32. The first-order valence-corrected chi connectivity index (χ1v) is 4.17. The van der Waals surface area contributed by atoms with Gasteiger partial charge >= 0.3 is 0 Å². The van der Waals surface area contributed by atoms with Crippen molar-refractivity contribution in [3.63, 3.8) is 0 Å². The average molecular weight is 229 g/mol. The van der Waals surface area contributed by atoms with Gasteiger partial charge in [0, 0.05) is 5.56 Å². The Morgan fingerprint density at radius 2 is 2.25 bits per heavy atom. The maximum atomic E-state index is 9.35. The normalized spacial score (nSPS) is 9.50. The van der Waals surface area contributed by atoms with Crippen LogP contribution >= 0.6 is 15.9 Å². The van der Waals surface area contributed by atoms with E-state index in [0.29, 0.717) is 11.3 Å². The highest BCUT2D eigenvalue weighted by molar-refractivity contribution is 9.10. The highest BCUT2D eigenvalue weighted by atomic mass is 79.9. The van der Waals surface area contributed by atoms with Crippen LogP contribution in [0.3, 0.4) is 0 Å². The van der Waals surface area contributed by atoms with E-state index >= 15 is 0 Å². The molecule has 0 atom stereocenters. The van der Waals surface area contributed by atoms with Crippen LogP contribution in [0.25, 0.3) is 6.08 Å². The smallest absolute Gasteiger partial charge is 0.133 e. The van der Waals surface area contributed by atoms with Crippen molar-refractivity contribution in [1.29, 1.82) is 0 Å². The predicted molar refractivity (Wildman–Crippen MR) is 52.4 cm³/mol. The molecule has 0 aliphatic rings. The number of rotatable bonds is 2. The number of hydrogen-bond donors (Lipinski definition) is 1. The summed E-state index contributed by atoms with van der Waals surface area (Å²) >= 11 is 3.25. The molecule has 64 valence electrons. The molecule has 0 aromatic heterocycles. The molecule has 2 nitrogen and oxygen atoms in total. The molecule has 0 heterocycles. The molecular weight excluding hydrogens is 220 g/mol. The minimum atomic E-state index is 0.192. The third-order valence-corrected chi connectivity index (χ3v) is 2.14. The Balaban J connectivity index is 3.26. The third-order valence-electron chi connectivity index (χ3n) is 1.52. The van der Waals surface area contributed by atoms with Gasteiger partial charge in [-0.15, -0.1) is 0 Å². The van der Waals surface area contributed by atoms with Gasteiger partial charge < -0.3 is 9.84 Å². The molecule has 1 rings (SSSR count). The van der Waals surface area contributed by atoms with Crippen molar-refractivity contribution in [2.75, 3.05) is 7.11 Å². The van der Waals surface area contributed by atoms with E-state index in [1.807, 2.05) is 0 Å². The molecule has 1 aromatic rings. The van der Waals surface area contributed by atoms with E-state index in [1.54, 1.807) is 25.3 Å². The molecule has 3 heteroatoms. The average Bonchev–Trinajstić information content (AvgIpc) is 2.05.